The SMILES string of the molecule is C=CC(S)=C1CCCC1. The highest BCUT2D eigenvalue weighted by atomic mass is 32.1. The van der Waals surface area contributed by atoms with Crippen molar-refractivity contribution in [1.29, 1.82) is 0 Å². The molecule has 0 aromatic heterocycles. The third kappa shape index (κ3) is 1.62. The molecule has 50 valence electrons. The van der Waals surface area contributed by atoms with E-state index < -0.39 is 0 Å². The lowest BCUT2D eigenvalue weighted by molar-refractivity contribution is 0.886. The summed E-state index contributed by atoms with van der Waals surface area (Å²) in [5, 5.41) is 0. The Balaban J connectivity index is 2.66. The Kier molecular flexibility index (Phi) is 2.40. The van der Waals surface area contributed by atoms with Crippen LogP contribution in [0.15, 0.2) is 23.1 Å². The van der Waals surface area contributed by atoms with Crippen molar-refractivity contribution in [2.75, 3.05) is 0 Å². The van der Waals surface area contributed by atoms with E-state index in [-0.39, 0.29) is 0 Å². The van der Waals surface area contributed by atoms with Crippen LogP contribution in [-0.2, 0) is 0 Å². The van der Waals surface area contributed by atoms with Gasteiger partial charge < -0.3 is 0 Å². The van der Waals surface area contributed by atoms with Crippen molar-refractivity contribution < 1.29 is 0 Å². The Morgan fingerprint density at radius 2 is 2.00 bits per heavy atom. The molecule has 0 nitrogen and oxygen atoms in total. The first-order valence-electron chi connectivity index (χ1n) is 3.38. The van der Waals surface area contributed by atoms with Crippen molar-refractivity contribution in [2.45, 2.75) is 25.7 Å². The van der Waals surface area contributed by atoms with Gasteiger partial charge in [0, 0.05) is 4.91 Å². The van der Waals surface area contributed by atoms with Crippen LogP contribution in [0, 0.1) is 0 Å². The second-order valence-electron chi connectivity index (χ2n) is 2.40. The van der Waals surface area contributed by atoms with Crippen LogP contribution in [0.1, 0.15) is 25.7 Å². The predicted molar refractivity (Wildman–Crippen MR) is 44.7 cm³/mol. The second-order valence-corrected chi connectivity index (χ2v) is 2.88. The molecule has 1 rings (SSSR count). The van der Waals surface area contributed by atoms with Crippen LogP contribution in [-0.4, -0.2) is 0 Å². The molecule has 1 fully saturated rings. The summed E-state index contributed by atoms with van der Waals surface area (Å²) >= 11 is 4.29. The molecule has 0 spiro atoms. The standard InChI is InChI=1S/C8H12S/c1-2-8(9)7-5-3-4-6-7/h2,9H,1,3-6H2. The minimum Gasteiger partial charge on any atom is -0.143 e. The lowest BCUT2D eigenvalue weighted by Gasteiger charge is -1.95. The normalized spacial score (nSPS) is 18.1. The molecular formula is C8H12S. The molecule has 1 saturated carbocycles. The second kappa shape index (κ2) is 3.11. The quantitative estimate of drug-likeness (QED) is 0.532. The van der Waals surface area contributed by atoms with Crippen LogP contribution < -0.4 is 0 Å². The molecule has 0 aliphatic heterocycles. The van der Waals surface area contributed by atoms with E-state index in [1.165, 1.54) is 31.3 Å². The van der Waals surface area contributed by atoms with Crippen molar-refractivity contribution in [2.24, 2.45) is 0 Å². The summed E-state index contributed by atoms with van der Waals surface area (Å²) in [4.78, 5) is 1.10. The highest BCUT2D eigenvalue weighted by Crippen LogP contribution is 2.28. The summed E-state index contributed by atoms with van der Waals surface area (Å²) in [5.41, 5.74) is 1.49. The maximum atomic E-state index is 4.29. The largest absolute Gasteiger partial charge is 0.143 e. The van der Waals surface area contributed by atoms with Gasteiger partial charge >= 0.3 is 0 Å². The minimum absolute atomic E-state index is 1.10. The zero-order valence-corrected chi connectivity index (χ0v) is 6.45. The summed E-state index contributed by atoms with van der Waals surface area (Å²) in [7, 11) is 0. The van der Waals surface area contributed by atoms with Gasteiger partial charge in [0.15, 0.2) is 0 Å². The molecule has 0 bridgehead atoms. The van der Waals surface area contributed by atoms with E-state index in [1.54, 1.807) is 0 Å². The number of rotatable bonds is 1. The van der Waals surface area contributed by atoms with E-state index >= 15 is 0 Å². The lowest BCUT2D eigenvalue weighted by Crippen LogP contribution is -1.73. The Hall–Kier alpha value is -0.170. The van der Waals surface area contributed by atoms with E-state index in [0.29, 0.717) is 0 Å². The van der Waals surface area contributed by atoms with E-state index in [9.17, 15) is 0 Å². The van der Waals surface area contributed by atoms with Crippen molar-refractivity contribution in [1.82, 2.24) is 0 Å². The van der Waals surface area contributed by atoms with Crippen molar-refractivity contribution in [3.8, 4) is 0 Å². The average molecular weight is 140 g/mol. The van der Waals surface area contributed by atoms with Gasteiger partial charge in [-0.3, -0.25) is 0 Å². The molecule has 1 heteroatoms. The van der Waals surface area contributed by atoms with E-state index in [1.807, 2.05) is 6.08 Å². The molecule has 1 aliphatic carbocycles. The van der Waals surface area contributed by atoms with Crippen LogP contribution in [0.4, 0.5) is 0 Å². The number of hydrogen-bond donors (Lipinski definition) is 1. The van der Waals surface area contributed by atoms with Gasteiger partial charge in [0.1, 0.15) is 0 Å². The van der Waals surface area contributed by atoms with E-state index in [4.69, 9.17) is 0 Å². The highest BCUT2D eigenvalue weighted by molar-refractivity contribution is 7.84. The summed E-state index contributed by atoms with van der Waals surface area (Å²) in [5.74, 6) is 0. The molecule has 0 amide bonds. The minimum atomic E-state index is 1.10. The first kappa shape index (κ1) is 6.94. The van der Waals surface area contributed by atoms with Crippen LogP contribution in [0.5, 0.6) is 0 Å². The Labute approximate surface area is 62.1 Å². The summed E-state index contributed by atoms with van der Waals surface area (Å²) in [6.07, 6.45) is 7.00. The zero-order valence-electron chi connectivity index (χ0n) is 5.56. The topological polar surface area (TPSA) is 0 Å². The predicted octanol–water partition coefficient (Wildman–Crippen LogP) is 2.93. The van der Waals surface area contributed by atoms with Crippen LogP contribution in [0.3, 0.4) is 0 Å². The first-order valence-corrected chi connectivity index (χ1v) is 3.82. The van der Waals surface area contributed by atoms with Crippen molar-refractivity contribution in [3.63, 3.8) is 0 Å². The van der Waals surface area contributed by atoms with E-state index in [0.717, 1.165) is 4.91 Å². The molecule has 0 radical (unpaired) electrons. The molecule has 0 heterocycles. The van der Waals surface area contributed by atoms with Crippen LogP contribution >= 0.6 is 12.6 Å². The van der Waals surface area contributed by atoms with Crippen molar-refractivity contribution in [3.05, 3.63) is 23.1 Å². The Morgan fingerprint density at radius 3 is 2.44 bits per heavy atom. The monoisotopic (exact) mass is 140 g/mol. The number of thiol groups is 1. The van der Waals surface area contributed by atoms with Gasteiger partial charge in [0.25, 0.3) is 0 Å². The maximum absolute atomic E-state index is 4.29. The molecule has 0 atom stereocenters. The molecule has 0 N–H and O–H groups in total. The zero-order chi connectivity index (χ0) is 6.69. The third-order valence-corrected chi connectivity index (χ3v) is 2.26. The van der Waals surface area contributed by atoms with Gasteiger partial charge in [-0.25, -0.2) is 0 Å². The van der Waals surface area contributed by atoms with Gasteiger partial charge in [-0.2, -0.15) is 0 Å². The molecule has 0 unspecified atom stereocenters. The summed E-state index contributed by atoms with van der Waals surface area (Å²) in [6, 6.07) is 0. The number of hydrogen-bond acceptors (Lipinski definition) is 1. The molecule has 1 aliphatic rings. The lowest BCUT2D eigenvalue weighted by atomic mass is 10.2. The fourth-order valence-electron chi connectivity index (χ4n) is 1.20. The first-order chi connectivity index (χ1) is 4.34. The Morgan fingerprint density at radius 1 is 1.44 bits per heavy atom. The van der Waals surface area contributed by atoms with Gasteiger partial charge in [0.2, 0.25) is 0 Å². The highest BCUT2D eigenvalue weighted by Gasteiger charge is 2.07. The smallest absolute Gasteiger partial charge is 0.00261 e. The molecule has 0 aromatic carbocycles. The Bertz CT molecular complexity index is 137. The summed E-state index contributed by atoms with van der Waals surface area (Å²) in [6.45, 7) is 3.67. The summed E-state index contributed by atoms with van der Waals surface area (Å²) < 4.78 is 0. The van der Waals surface area contributed by atoms with Gasteiger partial charge in [0.05, 0.1) is 0 Å². The molecule has 9 heavy (non-hydrogen) atoms. The number of allylic oxidation sites excluding steroid dienone is 2. The third-order valence-electron chi connectivity index (χ3n) is 1.76. The van der Waals surface area contributed by atoms with Gasteiger partial charge in [-0.05, 0) is 25.7 Å². The fraction of sp³-hybridized carbons (Fsp3) is 0.500. The maximum Gasteiger partial charge on any atom is 0.00261 e. The van der Waals surface area contributed by atoms with Crippen LogP contribution in [0.25, 0.3) is 0 Å². The van der Waals surface area contributed by atoms with Crippen molar-refractivity contribution >= 4 is 12.6 Å². The van der Waals surface area contributed by atoms with Gasteiger partial charge in [-0.1, -0.05) is 18.2 Å². The van der Waals surface area contributed by atoms with Gasteiger partial charge in [-0.15, -0.1) is 12.6 Å². The van der Waals surface area contributed by atoms with Crippen LogP contribution in [0.2, 0.25) is 0 Å². The fourth-order valence-corrected chi connectivity index (χ4v) is 1.43. The van der Waals surface area contributed by atoms with E-state index in [2.05, 4.69) is 19.2 Å². The molecular weight excluding hydrogens is 128 g/mol. The molecule has 0 aromatic rings. The molecule has 0 saturated heterocycles. The average Bonchev–Trinajstić information content (AvgIpc) is 2.37.